The van der Waals surface area contributed by atoms with Gasteiger partial charge in [0.05, 0.1) is 0 Å². The Balaban J connectivity index is 2.88. The summed E-state index contributed by atoms with van der Waals surface area (Å²) in [6.45, 7) is 0. The molecule has 0 heterocycles. The van der Waals surface area contributed by atoms with E-state index in [-0.39, 0.29) is 5.91 Å². The van der Waals surface area contributed by atoms with E-state index in [1.165, 1.54) is 18.2 Å². The second-order valence-electron chi connectivity index (χ2n) is 3.13. The molecule has 0 aliphatic heterocycles. The minimum atomic E-state index is -3.88. The number of carbonyl (C=O) groups excluding carboxylic acids is 1. The number of halogens is 1. The van der Waals surface area contributed by atoms with Gasteiger partial charge in [-0.25, -0.2) is 0 Å². The molecule has 0 bridgehead atoms. The molecular formula is C10H12ClNO2S2U. The van der Waals surface area contributed by atoms with Gasteiger partial charge in [0, 0.05) is 0 Å². The monoisotopic (exact) mass is 515 g/mol. The van der Waals surface area contributed by atoms with Gasteiger partial charge in [0.15, 0.2) is 0 Å². The fourth-order valence-corrected chi connectivity index (χ4v) is 15.0. The first-order valence-corrected chi connectivity index (χ1v) is 21.9. The third-order valence-electron chi connectivity index (χ3n) is 2.01. The molecule has 0 aliphatic carbocycles. The van der Waals surface area contributed by atoms with E-state index in [4.69, 9.17) is 11.6 Å². The van der Waals surface area contributed by atoms with E-state index in [0.717, 1.165) is 0 Å². The van der Waals surface area contributed by atoms with Crippen LogP contribution in [0, 0.1) is 20.6 Å². The number of anilines is 1. The van der Waals surface area contributed by atoms with Gasteiger partial charge in [-0.3, -0.25) is 0 Å². The molecule has 1 aromatic carbocycles. The van der Waals surface area contributed by atoms with E-state index < -0.39 is 20.6 Å². The van der Waals surface area contributed by atoms with E-state index in [1.54, 1.807) is 36.8 Å². The zero-order chi connectivity index (χ0) is 12.9. The first kappa shape index (κ1) is 15.5. The first-order valence-electron chi connectivity index (χ1n) is 4.73. The SMILES string of the molecule is C[S][U](=[O])(=[CH]C(=O)Nc1ccccc1Cl)[S]C. The molecule has 0 spiro atoms. The number of nitrogens with one attached hydrogen (secondary N) is 1. The number of benzene rings is 1. The summed E-state index contributed by atoms with van der Waals surface area (Å²) in [5, 5.41) is 3.11. The predicted octanol–water partition coefficient (Wildman–Crippen LogP) is 3.14. The average molecular weight is 516 g/mol. The number of hydrogen-bond acceptors (Lipinski definition) is 4. The van der Waals surface area contributed by atoms with Gasteiger partial charge in [0.1, 0.15) is 0 Å². The Labute approximate surface area is 115 Å². The number of para-hydroxylation sites is 1. The van der Waals surface area contributed by atoms with Crippen molar-refractivity contribution in [2.24, 2.45) is 0 Å². The van der Waals surface area contributed by atoms with Gasteiger partial charge < -0.3 is 0 Å². The summed E-state index contributed by atoms with van der Waals surface area (Å²) < 4.78 is 13.5. The topological polar surface area (TPSA) is 46.2 Å². The molecule has 0 unspecified atom stereocenters. The third kappa shape index (κ3) is 4.88. The molecule has 1 amide bonds. The molecule has 0 aromatic heterocycles. The third-order valence-corrected chi connectivity index (χ3v) is 31.8. The van der Waals surface area contributed by atoms with Crippen LogP contribution in [-0.4, -0.2) is 21.4 Å². The quantitative estimate of drug-likeness (QED) is 0.669. The zero-order valence-corrected chi connectivity index (χ0v) is 16.0. The molecule has 0 saturated carbocycles. The van der Waals surface area contributed by atoms with Crippen LogP contribution in [0.2, 0.25) is 5.02 Å². The van der Waals surface area contributed by atoms with E-state index in [0.29, 0.717) is 10.7 Å². The van der Waals surface area contributed by atoms with Crippen molar-refractivity contribution in [1.82, 2.24) is 0 Å². The summed E-state index contributed by atoms with van der Waals surface area (Å²) in [5.41, 5.74) is 0.537. The van der Waals surface area contributed by atoms with Gasteiger partial charge in [-0.1, -0.05) is 0 Å². The van der Waals surface area contributed by atoms with Crippen LogP contribution in [0.1, 0.15) is 0 Å². The van der Waals surface area contributed by atoms with Crippen molar-refractivity contribution in [2.45, 2.75) is 0 Å². The average Bonchev–Trinajstić information content (AvgIpc) is 2.32. The van der Waals surface area contributed by atoms with Gasteiger partial charge in [0.25, 0.3) is 0 Å². The van der Waals surface area contributed by atoms with Crippen molar-refractivity contribution in [2.75, 3.05) is 17.8 Å². The molecule has 1 aromatic rings. The summed E-state index contributed by atoms with van der Waals surface area (Å²) in [4.78, 5) is 11.7. The van der Waals surface area contributed by atoms with Crippen LogP contribution in [0.3, 0.4) is 0 Å². The maximum absolute atomic E-state index is 12.1. The molecular weight excluding hydrogens is 504 g/mol. The Morgan fingerprint density at radius 2 is 1.94 bits per heavy atom. The molecule has 0 aliphatic rings. The Morgan fingerprint density at radius 3 is 2.47 bits per heavy atom. The van der Waals surface area contributed by atoms with Crippen molar-refractivity contribution in [3.05, 3.63) is 29.3 Å². The van der Waals surface area contributed by atoms with E-state index >= 15 is 0 Å². The molecule has 0 fully saturated rings. The number of hydrogen-bond donors (Lipinski definition) is 1. The Bertz CT molecular complexity index is 517. The number of rotatable bonds is 4. The van der Waals surface area contributed by atoms with Gasteiger partial charge in [-0.2, -0.15) is 0 Å². The Morgan fingerprint density at radius 1 is 1.35 bits per heavy atom. The molecule has 1 rings (SSSR count). The van der Waals surface area contributed by atoms with Crippen LogP contribution in [0.4, 0.5) is 5.69 Å². The Kier molecular flexibility index (Phi) is 6.46. The molecule has 92 valence electrons. The van der Waals surface area contributed by atoms with Crippen LogP contribution in [0.15, 0.2) is 24.3 Å². The predicted molar refractivity (Wildman–Crippen MR) is 73.9 cm³/mol. The summed E-state index contributed by atoms with van der Waals surface area (Å²) >= 11 is 2.03. The van der Waals surface area contributed by atoms with E-state index in [2.05, 4.69) is 5.32 Å². The molecule has 17 heavy (non-hydrogen) atoms. The second kappa shape index (κ2) is 7.10. The minimum absolute atomic E-state index is 0.345. The van der Waals surface area contributed by atoms with Crippen LogP contribution >= 0.6 is 26.8 Å². The summed E-state index contributed by atoms with van der Waals surface area (Å²) in [5.74, 6) is -0.345. The van der Waals surface area contributed by atoms with Crippen molar-refractivity contribution >= 4 is 41.4 Å². The molecule has 0 radical (unpaired) electrons. The molecule has 0 atom stereocenters. The van der Waals surface area contributed by atoms with E-state index in [9.17, 15) is 7.03 Å². The second-order valence-corrected chi connectivity index (χ2v) is 34.5. The summed E-state index contributed by atoms with van der Waals surface area (Å²) in [7, 11) is 2.61. The maximum atomic E-state index is 12.1. The molecule has 7 heteroatoms. The summed E-state index contributed by atoms with van der Waals surface area (Å²) in [6.07, 6.45) is 3.54. The summed E-state index contributed by atoms with van der Waals surface area (Å²) in [6, 6.07) is 6.95. The van der Waals surface area contributed by atoms with Crippen molar-refractivity contribution in [1.29, 1.82) is 0 Å². The Hall–Kier alpha value is 0.402. The van der Waals surface area contributed by atoms with Crippen molar-refractivity contribution in [3.63, 3.8) is 0 Å². The zero-order valence-electron chi connectivity index (χ0n) is 9.40. The van der Waals surface area contributed by atoms with Gasteiger partial charge >= 0.3 is 116 Å². The van der Waals surface area contributed by atoms with Gasteiger partial charge in [-0.05, 0) is 0 Å². The first-order chi connectivity index (χ1) is 8.00. The standard InChI is InChI=1S/C8H6ClNO.2CH4S.O.U/c1-6(11)10-8-5-3-2-4-7(8)9;2*1-2;;/h1-5H,(H,10,11);2*2H,1H3;;/q;;;;+2/p-2. The van der Waals surface area contributed by atoms with Crippen LogP contribution < -0.4 is 5.32 Å². The van der Waals surface area contributed by atoms with Crippen LogP contribution in [0.25, 0.3) is 0 Å². The molecule has 1 N–H and O–H groups in total. The van der Waals surface area contributed by atoms with Crippen molar-refractivity contribution in [3.8, 4) is 0 Å². The number of carbonyl (C=O) groups is 1. The molecule has 0 saturated heterocycles. The van der Waals surface area contributed by atoms with Crippen molar-refractivity contribution < 1.29 is 27.7 Å². The van der Waals surface area contributed by atoms with Crippen LogP contribution in [0.5, 0.6) is 0 Å². The van der Waals surface area contributed by atoms with Gasteiger partial charge in [-0.15, -0.1) is 0 Å². The fourth-order valence-electron chi connectivity index (χ4n) is 1.09. The van der Waals surface area contributed by atoms with Gasteiger partial charge in [0.2, 0.25) is 0 Å². The van der Waals surface area contributed by atoms with E-state index in [1.807, 2.05) is 0 Å². The normalized spacial score (nSPS) is 11.0. The molecule has 3 nitrogen and oxygen atoms in total. The fraction of sp³-hybridized carbons (Fsp3) is 0.200. The van der Waals surface area contributed by atoms with Crippen LogP contribution in [-0.2, 0) is 7.03 Å². The number of amides is 1.